The van der Waals surface area contributed by atoms with Crippen molar-refractivity contribution in [3.63, 3.8) is 0 Å². The molecule has 3 rings (SSSR count). The van der Waals surface area contributed by atoms with Crippen LogP contribution in [0.25, 0.3) is 0 Å². The van der Waals surface area contributed by atoms with E-state index in [1.54, 1.807) is 31.2 Å². The smallest absolute Gasteiger partial charge is 0.341 e. The molecule has 1 heterocycles. The van der Waals surface area contributed by atoms with Crippen LogP contribution in [0.2, 0.25) is 0 Å². The van der Waals surface area contributed by atoms with E-state index in [2.05, 4.69) is 17.2 Å². The van der Waals surface area contributed by atoms with Crippen LogP contribution in [0.3, 0.4) is 0 Å². The summed E-state index contributed by atoms with van der Waals surface area (Å²) in [6.07, 6.45) is 5.10. The van der Waals surface area contributed by atoms with Gasteiger partial charge in [-0.25, -0.2) is 4.79 Å². The number of fused-ring (bicyclic) bond motifs is 1. The Kier molecular flexibility index (Phi) is 6.82. The molecule has 0 saturated heterocycles. The first-order chi connectivity index (χ1) is 14.0. The summed E-state index contributed by atoms with van der Waals surface area (Å²) in [7, 11) is 0. The number of anilines is 1. The third-order valence-electron chi connectivity index (χ3n) is 4.75. The number of hydrogen-bond donors (Lipinski definition) is 2. The topological polar surface area (TPSA) is 84.5 Å². The highest BCUT2D eigenvalue weighted by Gasteiger charge is 2.27. The molecule has 0 radical (unpaired) electrons. The number of ether oxygens (including phenoxy) is 1. The molecule has 7 heteroatoms. The molecule has 0 atom stereocenters. The number of nitrogens with one attached hydrogen (secondary N) is 2. The fourth-order valence-electron chi connectivity index (χ4n) is 3.28. The highest BCUT2D eigenvalue weighted by molar-refractivity contribution is 7.17. The van der Waals surface area contributed by atoms with Crippen molar-refractivity contribution in [1.82, 2.24) is 5.32 Å². The number of benzene rings is 1. The summed E-state index contributed by atoms with van der Waals surface area (Å²) >= 11 is 1.47. The summed E-state index contributed by atoms with van der Waals surface area (Å²) in [5.74, 6) is -0.911. The lowest BCUT2D eigenvalue weighted by atomic mass is 9.95. The number of amides is 2. The monoisotopic (exact) mass is 412 g/mol. The molecule has 0 aliphatic heterocycles. The van der Waals surface area contributed by atoms with Crippen molar-refractivity contribution in [2.45, 2.75) is 39.2 Å². The Hall–Kier alpha value is -2.93. The summed E-state index contributed by atoms with van der Waals surface area (Å²) in [5.41, 5.74) is 2.87. The Bertz CT molecular complexity index is 931. The fourth-order valence-corrected chi connectivity index (χ4v) is 4.56. The number of hydrogen-bond acceptors (Lipinski definition) is 5. The van der Waals surface area contributed by atoms with E-state index in [4.69, 9.17) is 4.74 Å². The minimum absolute atomic E-state index is 0.250. The van der Waals surface area contributed by atoms with Crippen molar-refractivity contribution < 1.29 is 19.1 Å². The van der Waals surface area contributed by atoms with Crippen LogP contribution >= 0.6 is 11.3 Å². The molecule has 2 N–H and O–H groups in total. The molecule has 0 saturated carbocycles. The van der Waals surface area contributed by atoms with Crippen LogP contribution in [-0.4, -0.2) is 24.4 Å². The zero-order valence-electron chi connectivity index (χ0n) is 16.4. The quantitative estimate of drug-likeness (QED) is 0.534. The number of rotatable bonds is 7. The first-order valence-electron chi connectivity index (χ1n) is 9.65. The average Bonchev–Trinajstić information content (AvgIpc) is 3.10. The molecule has 1 aromatic heterocycles. The van der Waals surface area contributed by atoms with Crippen molar-refractivity contribution in [2.24, 2.45) is 0 Å². The molecule has 0 fully saturated rings. The molecule has 1 aliphatic carbocycles. The number of carbonyl (C=O) groups excluding carboxylic acids is 3. The van der Waals surface area contributed by atoms with Gasteiger partial charge < -0.3 is 15.4 Å². The molecule has 0 unspecified atom stereocenters. The van der Waals surface area contributed by atoms with E-state index in [0.717, 1.165) is 41.7 Å². The SMILES string of the molecule is C=CC(=O)NCc1ccc(C(=O)Nc2sc3c(c2C(=O)OCC)CCCC3)cc1. The molecular formula is C22H24N2O4S. The van der Waals surface area contributed by atoms with Gasteiger partial charge in [0, 0.05) is 17.0 Å². The molecular weight excluding hydrogens is 388 g/mol. The largest absolute Gasteiger partial charge is 0.462 e. The van der Waals surface area contributed by atoms with Crippen molar-refractivity contribution in [3.05, 3.63) is 64.1 Å². The summed E-state index contributed by atoms with van der Waals surface area (Å²) in [6.45, 7) is 5.83. The lowest BCUT2D eigenvalue weighted by Crippen LogP contribution is -2.20. The van der Waals surface area contributed by atoms with Crippen LogP contribution in [0.1, 0.15) is 56.5 Å². The van der Waals surface area contributed by atoms with E-state index < -0.39 is 0 Å². The van der Waals surface area contributed by atoms with Crippen LogP contribution in [0.5, 0.6) is 0 Å². The van der Waals surface area contributed by atoms with Gasteiger partial charge in [-0.1, -0.05) is 18.7 Å². The van der Waals surface area contributed by atoms with Crippen LogP contribution in [0.15, 0.2) is 36.9 Å². The van der Waals surface area contributed by atoms with Crippen LogP contribution in [-0.2, 0) is 28.9 Å². The highest BCUT2D eigenvalue weighted by atomic mass is 32.1. The maximum absolute atomic E-state index is 12.7. The summed E-state index contributed by atoms with van der Waals surface area (Å²) < 4.78 is 5.23. The maximum Gasteiger partial charge on any atom is 0.341 e. The zero-order valence-corrected chi connectivity index (χ0v) is 17.2. The second kappa shape index (κ2) is 9.52. The Morgan fingerprint density at radius 2 is 1.90 bits per heavy atom. The molecule has 2 aromatic rings. The zero-order chi connectivity index (χ0) is 20.8. The van der Waals surface area contributed by atoms with Crippen molar-refractivity contribution >= 4 is 34.1 Å². The maximum atomic E-state index is 12.7. The molecule has 6 nitrogen and oxygen atoms in total. The fraction of sp³-hybridized carbons (Fsp3) is 0.318. The normalized spacial score (nSPS) is 12.6. The number of thiophene rings is 1. The number of carbonyl (C=O) groups is 3. The third-order valence-corrected chi connectivity index (χ3v) is 5.95. The molecule has 0 spiro atoms. The molecule has 29 heavy (non-hydrogen) atoms. The first kappa shape index (κ1) is 20.8. The standard InChI is InChI=1S/C22H24N2O4S/c1-3-18(25)23-13-14-9-11-15(12-10-14)20(26)24-21-19(22(27)28-4-2)16-7-5-6-8-17(16)29-21/h3,9-12H,1,4-8,13H2,2H3,(H,23,25)(H,24,26). The van der Waals surface area contributed by atoms with Crippen molar-refractivity contribution in [2.75, 3.05) is 11.9 Å². The van der Waals surface area contributed by atoms with Gasteiger partial charge in [-0.3, -0.25) is 9.59 Å². The van der Waals surface area contributed by atoms with Crippen molar-refractivity contribution in [3.8, 4) is 0 Å². The lowest BCUT2D eigenvalue weighted by Gasteiger charge is -2.12. The van der Waals surface area contributed by atoms with Gasteiger partial charge in [-0.2, -0.15) is 0 Å². The van der Waals surface area contributed by atoms with E-state index in [1.807, 2.05) is 0 Å². The van der Waals surface area contributed by atoms with E-state index in [9.17, 15) is 14.4 Å². The Balaban J connectivity index is 1.76. The minimum Gasteiger partial charge on any atom is -0.462 e. The molecule has 1 aromatic carbocycles. The first-order valence-corrected chi connectivity index (χ1v) is 10.5. The van der Waals surface area contributed by atoms with Gasteiger partial charge in [-0.05, 0) is 61.9 Å². The average molecular weight is 413 g/mol. The van der Waals surface area contributed by atoms with E-state index in [1.165, 1.54) is 17.4 Å². The Morgan fingerprint density at radius 3 is 2.59 bits per heavy atom. The van der Waals surface area contributed by atoms with Crippen LogP contribution in [0.4, 0.5) is 5.00 Å². The third kappa shape index (κ3) is 4.92. The minimum atomic E-state index is -0.379. The highest BCUT2D eigenvalue weighted by Crippen LogP contribution is 2.38. The van der Waals surface area contributed by atoms with E-state index in [-0.39, 0.29) is 17.8 Å². The van der Waals surface area contributed by atoms with Gasteiger partial charge >= 0.3 is 5.97 Å². The van der Waals surface area contributed by atoms with Gasteiger partial charge in [0.1, 0.15) is 5.00 Å². The lowest BCUT2D eigenvalue weighted by molar-refractivity contribution is -0.116. The molecule has 152 valence electrons. The van der Waals surface area contributed by atoms with E-state index >= 15 is 0 Å². The number of aryl methyl sites for hydroxylation is 1. The van der Waals surface area contributed by atoms with Crippen LogP contribution < -0.4 is 10.6 Å². The van der Waals surface area contributed by atoms with Gasteiger partial charge in [0.25, 0.3) is 5.91 Å². The van der Waals surface area contributed by atoms with Crippen molar-refractivity contribution in [1.29, 1.82) is 0 Å². The summed E-state index contributed by atoms with van der Waals surface area (Å²) in [5, 5.41) is 6.15. The van der Waals surface area contributed by atoms with Gasteiger partial charge in [0.15, 0.2) is 0 Å². The molecule has 0 bridgehead atoms. The second-order valence-corrected chi connectivity index (χ2v) is 7.81. The number of esters is 1. The Labute approximate surface area is 174 Å². The molecule has 2 amide bonds. The van der Waals surface area contributed by atoms with Gasteiger partial charge in [0.2, 0.25) is 5.91 Å². The predicted molar refractivity (Wildman–Crippen MR) is 113 cm³/mol. The molecule has 1 aliphatic rings. The van der Waals surface area contributed by atoms with Crippen LogP contribution in [0, 0.1) is 0 Å². The van der Waals surface area contributed by atoms with Gasteiger partial charge in [0.05, 0.1) is 12.2 Å². The summed E-state index contributed by atoms with van der Waals surface area (Å²) in [4.78, 5) is 37.7. The van der Waals surface area contributed by atoms with E-state index in [0.29, 0.717) is 29.3 Å². The van der Waals surface area contributed by atoms with Gasteiger partial charge in [-0.15, -0.1) is 11.3 Å². The second-order valence-electron chi connectivity index (χ2n) is 6.71. The Morgan fingerprint density at radius 1 is 1.17 bits per heavy atom. The predicted octanol–water partition coefficient (Wildman–Crippen LogP) is 3.86. The summed E-state index contributed by atoms with van der Waals surface area (Å²) in [6, 6.07) is 6.96.